The molecule has 1 N–H and O–H groups in total. The molecule has 11 heteroatoms. The number of likely N-dealkylation sites (tertiary alicyclic amines) is 1. The Morgan fingerprint density at radius 2 is 1.80 bits per heavy atom. The second-order valence-electron chi connectivity index (χ2n) is 13.6. The third-order valence-corrected chi connectivity index (χ3v) is 10.3. The average molecular weight is 639 g/mol. The predicted octanol–water partition coefficient (Wildman–Crippen LogP) is 5.92. The predicted molar refractivity (Wildman–Crippen MR) is 172 cm³/mol. The number of carbonyl (C=O) groups excluding carboxylic acids is 3. The number of halogens is 1. The molecule has 2 aromatic rings. The monoisotopic (exact) mass is 638 g/mol. The van der Waals surface area contributed by atoms with E-state index in [2.05, 4.69) is 20.8 Å². The summed E-state index contributed by atoms with van der Waals surface area (Å²) in [6, 6.07) is 4.78. The summed E-state index contributed by atoms with van der Waals surface area (Å²) < 4.78 is 7.28. The Morgan fingerprint density at radius 3 is 2.49 bits per heavy atom. The maximum atomic E-state index is 14.1. The van der Waals surface area contributed by atoms with Crippen LogP contribution in [0.15, 0.2) is 30.6 Å². The number of piperidine rings is 1. The van der Waals surface area contributed by atoms with Gasteiger partial charge in [0.15, 0.2) is 0 Å². The lowest BCUT2D eigenvalue weighted by Crippen LogP contribution is -2.58. The molecule has 1 aromatic heterocycles. The van der Waals surface area contributed by atoms with E-state index in [1.54, 1.807) is 29.2 Å². The fourth-order valence-electron chi connectivity index (χ4n) is 7.25. The summed E-state index contributed by atoms with van der Waals surface area (Å²) in [5.41, 5.74) is 0.922. The van der Waals surface area contributed by atoms with Crippen molar-refractivity contribution in [3.8, 4) is 5.69 Å². The van der Waals surface area contributed by atoms with Gasteiger partial charge < -0.3 is 15.0 Å². The van der Waals surface area contributed by atoms with Crippen molar-refractivity contribution >= 4 is 35.5 Å². The first-order valence-electron chi connectivity index (χ1n) is 16.7. The number of hydrogen-bond acceptors (Lipinski definition) is 7. The number of ether oxygens (including phenoxy) is 1. The highest BCUT2D eigenvalue weighted by Gasteiger charge is 2.43. The third kappa shape index (κ3) is 8.31. The lowest BCUT2D eigenvalue weighted by atomic mass is 9.72. The van der Waals surface area contributed by atoms with E-state index in [-0.39, 0.29) is 35.7 Å². The molecule has 5 rings (SSSR count). The van der Waals surface area contributed by atoms with Crippen molar-refractivity contribution in [2.75, 3.05) is 6.54 Å². The quantitative estimate of drug-likeness (QED) is 0.267. The van der Waals surface area contributed by atoms with Gasteiger partial charge in [-0.1, -0.05) is 50.6 Å². The summed E-state index contributed by atoms with van der Waals surface area (Å²) in [4.78, 5) is 42.6. The zero-order valence-electron chi connectivity index (χ0n) is 26.8. The van der Waals surface area contributed by atoms with Gasteiger partial charge in [0.25, 0.3) is 0 Å². The third-order valence-electron chi connectivity index (χ3n) is 10.1. The topological polar surface area (TPSA) is 119 Å². The minimum absolute atomic E-state index is 0.0209. The molecular formula is C34H47ClN6O4. The van der Waals surface area contributed by atoms with Crippen molar-refractivity contribution < 1.29 is 19.1 Å². The summed E-state index contributed by atoms with van der Waals surface area (Å²) in [5, 5.41) is 15.3. The van der Waals surface area contributed by atoms with Crippen LogP contribution in [-0.4, -0.2) is 67.1 Å². The van der Waals surface area contributed by atoms with Crippen molar-refractivity contribution in [2.24, 2.45) is 17.8 Å². The molecule has 244 valence electrons. The van der Waals surface area contributed by atoms with Gasteiger partial charge in [-0.3, -0.25) is 14.4 Å². The van der Waals surface area contributed by atoms with Gasteiger partial charge in [0.2, 0.25) is 11.8 Å². The summed E-state index contributed by atoms with van der Waals surface area (Å²) in [6.07, 6.45) is 15.9. The van der Waals surface area contributed by atoms with Crippen LogP contribution in [0.3, 0.4) is 0 Å². The number of carbonyl (C=O) groups is 3. The number of amides is 2. The molecule has 0 bridgehead atoms. The summed E-state index contributed by atoms with van der Waals surface area (Å²) in [6.45, 7) is 6.43. The van der Waals surface area contributed by atoms with E-state index >= 15 is 0 Å². The smallest absolute Gasteiger partial charge is 0.309 e. The molecule has 1 aliphatic heterocycles. The summed E-state index contributed by atoms with van der Waals surface area (Å²) >= 11 is 6.30. The Morgan fingerprint density at radius 1 is 1.04 bits per heavy atom. The molecular weight excluding hydrogens is 592 g/mol. The Bertz CT molecular complexity index is 1350. The first-order chi connectivity index (χ1) is 21.6. The van der Waals surface area contributed by atoms with E-state index in [4.69, 9.17) is 16.3 Å². The van der Waals surface area contributed by atoms with Crippen LogP contribution >= 0.6 is 11.6 Å². The van der Waals surface area contributed by atoms with Crippen LogP contribution in [0.25, 0.3) is 11.8 Å². The Kier molecular flexibility index (Phi) is 10.9. The number of rotatable bonds is 9. The second-order valence-corrected chi connectivity index (χ2v) is 14.0. The fraction of sp³-hybridized carbons (Fsp3) is 0.647. The minimum Gasteiger partial charge on any atom is -0.459 e. The number of nitrogens with zero attached hydrogens (tertiary/aromatic N) is 5. The van der Waals surface area contributed by atoms with Crippen LogP contribution in [0.4, 0.5) is 0 Å². The molecule has 0 radical (unpaired) electrons. The second kappa shape index (κ2) is 14.9. The zero-order valence-corrected chi connectivity index (χ0v) is 27.5. The van der Waals surface area contributed by atoms with Crippen LogP contribution in [0.1, 0.15) is 103 Å². The molecule has 2 heterocycles. The van der Waals surface area contributed by atoms with Crippen molar-refractivity contribution in [3.05, 3.63) is 41.2 Å². The molecule has 2 aliphatic carbocycles. The van der Waals surface area contributed by atoms with Gasteiger partial charge in [0, 0.05) is 29.2 Å². The van der Waals surface area contributed by atoms with Crippen LogP contribution in [0, 0.1) is 17.8 Å². The van der Waals surface area contributed by atoms with Crippen molar-refractivity contribution in [1.29, 1.82) is 0 Å². The maximum Gasteiger partial charge on any atom is 0.309 e. The first-order valence-corrected chi connectivity index (χ1v) is 17.1. The average Bonchev–Trinajstić information content (AvgIpc) is 3.59. The molecule has 10 nitrogen and oxygen atoms in total. The van der Waals surface area contributed by atoms with Crippen LogP contribution in [0.2, 0.25) is 5.02 Å². The number of hydrogen-bond donors (Lipinski definition) is 1. The van der Waals surface area contributed by atoms with Crippen LogP contribution in [-0.2, 0) is 19.1 Å². The molecule has 45 heavy (non-hydrogen) atoms. The number of benzene rings is 1. The van der Waals surface area contributed by atoms with E-state index < -0.39 is 11.6 Å². The molecule has 3 aliphatic rings. The zero-order chi connectivity index (χ0) is 32.0. The van der Waals surface area contributed by atoms with E-state index in [0.717, 1.165) is 44.9 Å². The largest absolute Gasteiger partial charge is 0.459 e. The lowest BCUT2D eigenvalue weighted by Gasteiger charge is -2.45. The van der Waals surface area contributed by atoms with E-state index in [0.29, 0.717) is 41.6 Å². The van der Waals surface area contributed by atoms with Gasteiger partial charge in [0.1, 0.15) is 18.0 Å². The molecule has 2 saturated carbocycles. The lowest BCUT2D eigenvalue weighted by molar-refractivity contribution is -0.163. The van der Waals surface area contributed by atoms with Crippen LogP contribution in [0.5, 0.6) is 0 Å². The Balaban J connectivity index is 1.30. The number of tetrazole rings is 1. The van der Waals surface area contributed by atoms with Gasteiger partial charge in [-0.15, -0.1) is 5.10 Å². The van der Waals surface area contributed by atoms with E-state index in [1.807, 2.05) is 20.8 Å². The minimum atomic E-state index is -0.523. The fourth-order valence-corrected chi connectivity index (χ4v) is 7.43. The van der Waals surface area contributed by atoms with Crippen LogP contribution < -0.4 is 5.32 Å². The SMILES string of the molecule is CCC(C)(C)OC(=O)C1CCC(NC(=O)C2C(C3CCCCC3)CCCN2C(=O)C=Cc2cc(Cl)ccc2-n2cnnn2)CC1. The number of aromatic nitrogens is 4. The number of nitrogens with one attached hydrogen (secondary N) is 1. The van der Waals surface area contributed by atoms with Gasteiger partial charge in [0.05, 0.1) is 11.6 Å². The van der Waals surface area contributed by atoms with Crippen molar-refractivity contribution in [1.82, 2.24) is 30.4 Å². The Hall–Kier alpha value is -3.27. The maximum absolute atomic E-state index is 14.1. The van der Waals surface area contributed by atoms with Crippen molar-refractivity contribution in [3.63, 3.8) is 0 Å². The van der Waals surface area contributed by atoms with Crippen molar-refractivity contribution in [2.45, 2.75) is 116 Å². The standard InChI is InChI=1S/C34H47ClN6O4/c1-4-34(2,3)45-33(44)24-12-16-27(17-13-24)37-32(43)31-28(23-9-6-5-7-10-23)11-8-20-40(31)30(42)19-14-25-21-26(35)15-18-29(25)41-22-36-38-39-41/h14-15,18-19,21-24,27-28,31H,4-13,16-17,20H2,1-3H3,(H,37,43). The molecule has 2 unspecified atom stereocenters. The molecule has 3 fully saturated rings. The van der Waals surface area contributed by atoms with Gasteiger partial charge >= 0.3 is 5.97 Å². The summed E-state index contributed by atoms with van der Waals surface area (Å²) in [5.74, 6) is 0.0257. The highest BCUT2D eigenvalue weighted by Crippen LogP contribution is 2.39. The van der Waals surface area contributed by atoms with E-state index in [9.17, 15) is 14.4 Å². The van der Waals surface area contributed by atoms with Gasteiger partial charge in [-0.05, 0) is 105 Å². The highest BCUT2D eigenvalue weighted by atomic mass is 35.5. The molecule has 0 spiro atoms. The van der Waals surface area contributed by atoms with E-state index in [1.165, 1.54) is 36.3 Å². The molecule has 1 aromatic carbocycles. The normalized spacial score (nSPS) is 24.8. The van der Waals surface area contributed by atoms with Gasteiger partial charge in [-0.2, -0.15) is 4.68 Å². The highest BCUT2D eigenvalue weighted by molar-refractivity contribution is 6.30. The summed E-state index contributed by atoms with van der Waals surface area (Å²) in [7, 11) is 0. The Labute approximate surface area is 271 Å². The molecule has 1 saturated heterocycles. The van der Waals surface area contributed by atoms with Gasteiger partial charge in [-0.25, -0.2) is 0 Å². The molecule has 2 amide bonds. The first kappa shape index (κ1) is 33.1. The number of esters is 1. The molecule has 2 atom stereocenters.